The molecule has 2 aromatic rings. The third-order valence-electron chi connectivity index (χ3n) is 4.54. The maximum Gasteiger partial charge on any atom is 0.329 e. The van der Waals surface area contributed by atoms with Crippen molar-refractivity contribution in [2.24, 2.45) is 7.05 Å². The lowest BCUT2D eigenvalue weighted by Crippen LogP contribution is -2.50. The van der Waals surface area contributed by atoms with E-state index in [0.717, 1.165) is 17.9 Å². The molecule has 0 aliphatic carbocycles. The molecule has 0 spiro atoms. The van der Waals surface area contributed by atoms with Crippen LogP contribution in [0.1, 0.15) is 30.6 Å². The summed E-state index contributed by atoms with van der Waals surface area (Å²) in [7, 11) is 1.85. The molecule has 1 saturated heterocycles. The molecule has 4 heterocycles. The van der Waals surface area contributed by atoms with Crippen molar-refractivity contribution in [1.29, 1.82) is 0 Å². The highest BCUT2D eigenvalue weighted by atomic mass is 16.2. The Bertz CT molecular complexity index is 843. The fourth-order valence-electron chi connectivity index (χ4n) is 3.18. The first-order valence-electron chi connectivity index (χ1n) is 7.91. The minimum absolute atomic E-state index is 0.221. The molecule has 8 heteroatoms. The van der Waals surface area contributed by atoms with Crippen LogP contribution in [0, 0.1) is 0 Å². The van der Waals surface area contributed by atoms with Crippen LogP contribution < -0.4 is 15.5 Å². The van der Waals surface area contributed by atoms with Crippen LogP contribution in [0.15, 0.2) is 18.3 Å². The largest absolute Gasteiger partial charge is 0.329 e. The second-order valence-corrected chi connectivity index (χ2v) is 6.10. The molecular formula is C16H18N6O2. The quantitative estimate of drug-likeness (QED) is 0.862. The molecular weight excluding hydrogens is 308 g/mol. The van der Waals surface area contributed by atoms with Crippen molar-refractivity contribution in [2.75, 3.05) is 11.4 Å². The lowest BCUT2D eigenvalue weighted by Gasteiger charge is -2.26. The molecule has 24 heavy (non-hydrogen) atoms. The van der Waals surface area contributed by atoms with Gasteiger partial charge in [-0.1, -0.05) is 6.07 Å². The highest BCUT2D eigenvalue weighted by molar-refractivity contribution is 6.05. The minimum Gasteiger partial charge on any atom is -0.312 e. The van der Waals surface area contributed by atoms with Crippen LogP contribution >= 0.6 is 0 Å². The zero-order chi connectivity index (χ0) is 16.8. The van der Waals surface area contributed by atoms with Crippen LogP contribution in [0.25, 0.3) is 11.5 Å². The van der Waals surface area contributed by atoms with E-state index in [4.69, 9.17) is 4.98 Å². The fourth-order valence-corrected chi connectivity index (χ4v) is 3.18. The monoisotopic (exact) mass is 326 g/mol. The van der Waals surface area contributed by atoms with E-state index in [1.54, 1.807) is 6.20 Å². The number of anilines is 1. The van der Waals surface area contributed by atoms with Crippen LogP contribution in [0.5, 0.6) is 0 Å². The van der Waals surface area contributed by atoms with Gasteiger partial charge in [0.25, 0.3) is 0 Å². The number of imide groups is 1. The molecule has 0 radical (unpaired) electrons. The van der Waals surface area contributed by atoms with Crippen molar-refractivity contribution < 1.29 is 9.59 Å². The van der Waals surface area contributed by atoms with Crippen LogP contribution in [-0.2, 0) is 18.4 Å². The average molecular weight is 326 g/mol. The third kappa shape index (κ3) is 2.26. The van der Waals surface area contributed by atoms with Gasteiger partial charge in [-0.05, 0) is 18.6 Å². The van der Waals surface area contributed by atoms with Crippen molar-refractivity contribution >= 4 is 17.8 Å². The van der Waals surface area contributed by atoms with Gasteiger partial charge in [-0.15, -0.1) is 0 Å². The van der Waals surface area contributed by atoms with Gasteiger partial charge in [-0.3, -0.25) is 15.0 Å². The Labute approximate surface area is 138 Å². The number of hydrogen-bond acceptors (Lipinski definition) is 5. The van der Waals surface area contributed by atoms with Gasteiger partial charge >= 0.3 is 6.03 Å². The Balaban J connectivity index is 1.69. The zero-order valence-electron chi connectivity index (χ0n) is 13.5. The number of nitrogens with one attached hydrogen (secondary N) is 2. The van der Waals surface area contributed by atoms with E-state index in [1.165, 1.54) is 10.5 Å². The number of rotatable bonds is 2. The summed E-state index contributed by atoms with van der Waals surface area (Å²) < 4.78 is 1.83. The van der Waals surface area contributed by atoms with E-state index in [-0.39, 0.29) is 18.4 Å². The predicted molar refractivity (Wildman–Crippen MR) is 87.2 cm³/mol. The van der Waals surface area contributed by atoms with Gasteiger partial charge in [-0.25, -0.2) is 14.8 Å². The second kappa shape index (κ2) is 5.41. The minimum atomic E-state index is -0.416. The molecule has 3 amide bonds. The zero-order valence-corrected chi connectivity index (χ0v) is 13.5. The Morgan fingerprint density at radius 3 is 2.92 bits per heavy atom. The van der Waals surface area contributed by atoms with Crippen LogP contribution in [0.2, 0.25) is 0 Å². The van der Waals surface area contributed by atoms with Crippen molar-refractivity contribution in [3.8, 4) is 11.5 Å². The lowest BCUT2D eigenvalue weighted by atomic mass is 10.1. The molecule has 1 unspecified atom stereocenters. The Hall–Kier alpha value is -2.74. The van der Waals surface area contributed by atoms with Gasteiger partial charge in [0.1, 0.15) is 11.5 Å². The topological polar surface area (TPSA) is 92.2 Å². The number of nitrogens with zero attached hydrogens (tertiary/aromatic N) is 4. The summed E-state index contributed by atoms with van der Waals surface area (Å²) in [6.07, 6.45) is 1.92. The van der Waals surface area contributed by atoms with Crippen LogP contribution in [0.3, 0.4) is 0 Å². The van der Waals surface area contributed by atoms with E-state index in [0.29, 0.717) is 18.2 Å². The van der Waals surface area contributed by atoms with Gasteiger partial charge in [-0.2, -0.15) is 0 Å². The van der Waals surface area contributed by atoms with Gasteiger partial charge in [0.2, 0.25) is 5.91 Å². The highest BCUT2D eigenvalue weighted by Crippen LogP contribution is 2.28. The number of amides is 3. The number of urea groups is 1. The number of aromatic nitrogens is 3. The second-order valence-electron chi connectivity index (χ2n) is 6.10. The van der Waals surface area contributed by atoms with Gasteiger partial charge in [0.05, 0.1) is 11.9 Å². The number of carbonyl (C=O) groups is 2. The molecule has 8 nitrogen and oxygen atoms in total. The summed E-state index contributed by atoms with van der Waals surface area (Å²) >= 11 is 0. The number of fused-ring (bicyclic) bond motifs is 1. The molecule has 1 atom stereocenters. The Kier molecular flexibility index (Phi) is 3.34. The maximum absolute atomic E-state index is 12.0. The van der Waals surface area contributed by atoms with Crippen LogP contribution in [0.4, 0.5) is 10.6 Å². The first-order valence-corrected chi connectivity index (χ1v) is 7.91. The first-order chi connectivity index (χ1) is 11.5. The SMILES string of the molecule is CC1NCc2ccc(-c3ncc(N4CCC(=O)NC4=O)n3C)nc21. The van der Waals surface area contributed by atoms with Crippen LogP contribution in [-0.4, -0.2) is 33.0 Å². The third-order valence-corrected chi connectivity index (χ3v) is 4.54. The van der Waals surface area contributed by atoms with E-state index in [9.17, 15) is 9.59 Å². The highest BCUT2D eigenvalue weighted by Gasteiger charge is 2.28. The maximum atomic E-state index is 12.0. The molecule has 2 N–H and O–H groups in total. The summed E-state index contributed by atoms with van der Waals surface area (Å²) in [4.78, 5) is 34.0. The lowest BCUT2D eigenvalue weighted by molar-refractivity contribution is -0.120. The summed E-state index contributed by atoms with van der Waals surface area (Å²) in [5.74, 6) is 1.08. The molecule has 0 saturated carbocycles. The number of carbonyl (C=O) groups excluding carboxylic acids is 2. The van der Waals surface area contributed by atoms with Crippen molar-refractivity contribution in [1.82, 2.24) is 25.2 Å². The van der Waals surface area contributed by atoms with E-state index >= 15 is 0 Å². The van der Waals surface area contributed by atoms with Gasteiger partial charge < -0.3 is 9.88 Å². The smallest absolute Gasteiger partial charge is 0.312 e. The molecule has 2 aliphatic rings. The number of hydrogen-bond donors (Lipinski definition) is 2. The van der Waals surface area contributed by atoms with E-state index in [1.807, 2.05) is 17.7 Å². The fraction of sp³-hybridized carbons (Fsp3) is 0.375. The molecule has 124 valence electrons. The summed E-state index contributed by atoms with van der Waals surface area (Å²) in [6.45, 7) is 3.27. The normalized spacial score (nSPS) is 20.2. The van der Waals surface area contributed by atoms with E-state index < -0.39 is 6.03 Å². The standard InChI is InChI=1S/C16H18N6O2/c1-9-14-10(7-17-9)3-4-11(19-14)15-18-8-13(21(15)2)22-6-5-12(23)20-16(22)24/h3-4,8-9,17H,5-7H2,1-2H3,(H,20,23,24). The molecule has 4 rings (SSSR count). The molecule has 2 aliphatic heterocycles. The Morgan fingerprint density at radius 2 is 2.12 bits per heavy atom. The van der Waals surface area contributed by atoms with Crippen molar-refractivity contribution in [2.45, 2.75) is 25.9 Å². The number of pyridine rings is 1. The van der Waals surface area contributed by atoms with Gasteiger partial charge in [0.15, 0.2) is 5.82 Å². The Morgan fingerprint density at radius 1 is 1.29 bits per heavy atom. The molecule has 0 aromatic carbocycles. The van der Waals surface area contributed by atoms with Crippen molar-refractivity contribution in [3.63, 3.8) is 0 Å². The van der Waals surface area contributed by atoms with Crippen molar-refractivity contribution in [3.05, 3.63) is 29.6 Å². The van der Waals surface area contributed by atoms with E-state index in [2.05, 4.69) is 28.6 Å². The predicted octanol–water partition coefficient (Wildman–Crippen LogP) is 1.09. The van der Waals surface area contributed by atoms with Gasteiger partial charge in [0, 0.05) is 32.6 Å². The summed E-state index contributed by atoms with van der Waals surface area (Å²) in [5, 5.41) is 5.69. The molecule has 1 fully saturated rings. The average Bonchev–Trinajstić information content (AvgIpc) is 3.11. The summed E-state index contributed by atoms with van der Waals surface area (Å²) in [6, 6.07) is 3.82. The summed E-state index contributed by atoms with van der Waals surface area (Å²) in [5.41, 5.74) is 3.01. The number of imidazole rings is 1. The molecule has 0 bridgehead atoms. The first kappa shape index (κ1) is 14.8. The molecule has 2 aromatic heterocycles.